The Morgan fingerprint density at radius 2 is 2.64 bits per heavy atom. The van der Waals surface area contributed by atoms with E-state index in [-0.39, 0.29) is 18.5 Å². The van der Waals surface area contributed by atoms with Gasteiger partial charge in [0, 0.05) is 6.20 Å². The maximum atomic E-state index is 11.4. The lowest BCUT2D eigenvalue weighted by molar-refractivity contribution is -0.123. The highest BCUT2D eigenvalue weighted by Gasteiger charge is 2.14. The highest BCUT2D eigenvalue weighted by atomic mass is 127. The maximum absolute atomic E-state index is 11.4. The first-order chi connectivity index (χ1) is 6.65. The largest absolute Gasteiger partial charge is 0.343 e. The fraction of sp³-hybridized carbons (Fsp3) is 0.333. The summed E-state index contributed by atoms with van der Waals surface area (Å²) in [6, 6.07) is -0.327. The lowest BCUT2D eigenvalue weighted by Crippen LogP contribution is -2.31. The second kappa shape index (κ2) is 5.00. The molecule has 0 saturated heterocycles. The van der Waals surface area contributed by atoms with Crippen LogP contribution in [0.15, 0.2) is 12.4 Å². The molecule has 1 amide bonds. The summed E-state index contributed by atoms with van der Waals surface area (Å²) in [5.41, 5.74) is 0. The first kappa shape index (κ1) is 11.0. The van der Waals surface area contributed by atoms with Crippen LogP contribution in [0.1, 0.15) is 13.0 Å². The molecular formula is C9H10IN3O. The van der Waals surface area contributed by atoms with Crippen molar-refractivity contribution in [2.45, 2.75) is 13.0 Å². The van der Waals surface area contributed by atoms with Gasteiger partial charge in [-0.2, -0.15) is 5.10 Å². The molecule has 0 fully saturated rings. The van der Waals surface area contributed by atoms with Crippen LogP contribution in [0.2, 0.25) is 0 Å². The van der Waals surface area contributed by atoms with Crippen molar-refractivity contribution in [2.24, 2.45) is 0 Å². The van der Waals surface area contributed by atoms with Gasteiger partial charge < -0.3 is 5.32 Å². The zero-order valence-electron chi connectivity index (χ0n) is 7.70. The number of terminal acetylenes is 1. The summed E-state index contributed by atoms with van der Waals surface area (Å²) in [7, 11) is 0. The Hall–Kier alpha value is -1.03. The summed E-state index contributed by atoms with van der Waals surface area (Å²) in [6.07, 6.45) is 8.54. The van der Waals surface area contributed by atoms with Gasteiger partial charge in [0.15, 0.2) is 0 Å². The molecule has 0 aliphatic rings. The number of nitrogens with one attached hydrogen (secondary N) is 1. The third-order valence-electron chi connectivity index (χ3n) is 1.71. The highest BCUT2D eigenvalue weighted by molar-refractivity contribution is 14.1. The molecule has 1 heterocycles. The van der Waals surface area contributed by atoms with Gasteiger partial charge in [0.05, 0.1) is 16.3 Å². The fourth-order valence-electron chi connectivity index (χ4n) is 0.933. The van der Waals surface area contributed by atoms with Crippen molar-refractivity contribution in [3.63, 3.8) is 0 Å². The van der Waals surface area contributed by atoms with Gasteiger partial charge in [0.2, 0.25) is 5.91 Å². The first-order valence-electron chi connectivity index (χ1n) is 4.06. The molecule has 74 valence electrons. The number of carbonyl (C=O) groups is 1. The van der Waals surface area contributed by atoms with E-state index in [0.29, 0.717) is 0 Å². The lowest BCUT2D eigenvalue weighted by atomic mass is 10.3. The van der Waals surface area contributed by atoms with Gasteiger partial charge in [-0.25, -0.2) is 0 Å². The number of halogens is 1. The quantitative estimate of drug-likeness (QED) is 0.663. The Balaban J connectivity index is 2.62. The van der Waals surface area contributed by atoms with Gasteiger partial charge in [-0.15, -0.1) is 6.42 Å². The topological polar surface area (TPSA) is 46.9 Å². The molecule has 4 nitrogen and oxygen atoms in total. The van der Waals surface area contributed by atoms with Gasteiger partial charge in [-0.3, -0.25) is 9.48 Å². The monoisotopic (exact) mass is 303 g/mol. The minimum absolute atomic E-state index is 0.123. The van der Waals surface area contributed by atoms with Crippen molar-refractivity contribution in [2.75, 3.05) is 6.54 Å². The third kappa shape index (κ3) is 2.73. The Kier molecular flexibility index (Phi) is 3.95. The number of hydrogen-bond acceptors (Lipinski definition) is 2. The third-order valence-corrected chi connectivity index (χ3v) is 2.27. The molecule has 0 aliphatic carbocycles. The van der Waals surface area contributed by atoms with E-state index < -0.39 is 0 Å². The molecule has 0 aliphatic heterocycles. The molecule has 1 unspecified atom stereocenters. The molecular weight excluding hydrogens is 293 g/mol. The fourth-order valence-corrected chi connectivity index (χ4v) is 1.34. The number of aromatic nitrogens is 2. The summed E-state index contributed by atoms with van der Waals surface area (Å²) in [6.45, 7) is 2.02. The van der Waals surface area contributed by atoms with Gasteiger partial charge >= 0.3 is 0 Å². The van der Waals surface area contributed by atoms with Gasteiger partial charge in [-0.05, 0) is 29.5 Å². The first-order valence-corrected chi connectivity index (χ1v) is 5.14. The summed E-state index contributed by atoms with van der Waals surface area (Å²) < 4.78 is 2.60. The molecule has 1 rings (SSSR count). The molecule has 1 aromatic rings. The van der Waals surface area contributed by atoms with Crippen LogP contribution in [0.25, 0.3) is 0 Å². The molecule has 0 radical (unpaired) electrons. The van der Waals surface area contributed by atoms with Crippen molar-refractivity contribution in [1.29, 1.82) is 0 Å². The van der Waals surface area contributed by atoms with E-state index in [9.17, 15) is 4.79 Å². The van der Waals surface area contributed by atoms with Crippen LogP contribution in [-0.4, -0.2) is 22.2 Å². The molecule has 0 saturated carbocycles. The molecule has 0 aromatic carbocycles. The zero-order chi connectivity index (χ0) is 10.6. The van der Waals surface area contributed by atoms with E-state index in [1.165, 1.54) is 0 Å². The Labute approximate surface area is 96.2 Å². The van der Waals surface area contributed by atoms with Crippen LogP contribution in [0, 0.1) is 15.9 Å². The summed E-state index contributed by atoms with van der Waals surface area (Å²) in [5, 5.41) is 6.64. The SMILES string of the molecule is C#CCNC(=O)C(C)n1cc(I)cn1. The normalized spacial score (nSPS) is 11.8. The van der Waals surface area contributed by atoms with E-state index in [1.807, 2.05) is 0 Å². The molecule has 1 atom stereocenters. The Morgan fingerprint density at radius 1 is 1.93 bits per heavy atom. The number of nitrogens with zero attached hydrogens (tertiary/aromatic N) is 2. The smallest absolute Gasteiger partial charge is 0.245 e. The van der Waals surface area contributed by atoms with Crippen molar-refractivity contribution in [3.8, 4) is 12.3 Å². The molecule has 5 heteroatoms. The molecule has 0 bridgehead atoms. The second-order valence-corrected chi connectivity index (χ2v) is 3.98. The van der Waals surface area contributed by atoms with Gasteiger partial charge in [0.25, 0.3) is 0 Å². The predicted octanol–water partition coefficient (Wildman–Crippen LogP) is 0.798. The summed E-state index contributed by atoms with van der Waals surface area (Å²) in [5.74, 6) is 2.22. The van der Waals surface area contributed by atoms with Crippen LogP contribution < -0.4 is 5.32 Å². The van der Waals surface area contributed by atoms with Crippen molar-refractivity contribution in [1.82, 2.24) is 15.1 Å². The van der Waals surface area contributed by atoms with Crippen molar-refractivity contribution < 1.29 is 4.79 Å². The summed E-state index contributed by atoms with van der Waals surface area (Å²) in [4.78, 5) is 11.4. The van der Waals surface area contributed by atoms with E-state index in [4.69, 9.17) is 6.42 Å². The molecule has 14 heavy (non-hydrogen) atoms. The number of carbonyl (C=O) groups excluding carboxylic acids is 1. The predicted molar refractivity (Wildman–Crippen MR) is 61.5 cm³/mol. The average molecular weight is 303 g/mol. The van der Waals surface area contributed by atoms with E-state index in [0.717, 1.165) is 3.57 Å². The van der Waals surface area contributed by atoms with E-state index in [1.54, 1.807) is 24.0 Å². The molecule has 0 spiro atoms. The van der Waals surface area contributed by atoms with E-state index in [2.05, 4.69) is 38.9 Å². The summed E-state index contributed by atoms with van der Waals surface area (Å²) >= 11 is 2.14. The maximum Gasteiger partial charge on any atom is 0.245 e. The molecule has 1 N–H and O–H groups in total. The zero-order valence-corrected chi connectivity index (χ0v) is 9.85. The number of hydrogen-bond donors (Lipinski definition) is 1. The van der Waals surface area contributed by atoms with E-state index >= 15 is 0 Å². The van der Waals surface area contributed by atoms with Gasteiger partial charge in [-0.1, -0.05) is 5.92 Å². The Bertz CT molecular complexity index is 366. The van der Waals surface area contributed by atoms with Crippen LogP contribution in [0.4, 0.5) is 0 Å². The van der Waals surface area contributed by atoms with Crippen LogP contribution >= 0.6 is 22.6 Å². The average Bonchev–Trinajstić information content (AvgIpc) is 2.60. The number of rotatable bonds is 3. The molecule has 1 aromatic heterocycles. The van der Waals surface area contributed by atoms with Crippen LogP contribution in [0.3, 0.4) is 0 Å². The minimum Gasteiger partial charge on any atom is -0.343 e. The van der Waals surface area contributed by atoms with Crippen LogP contribution in [0.5, 0.6) is 0 Å². The Morgan fingerprint density at radius 3 is 3.14 bits per heavy atom. The van der Waals surface area contributed by atoms with Crippen LogP contribution in [-0.2, 0) is 4.79 Å². The van der Waals surface area contributed by atoms with Crippen molar-refractivity contribution >= 4 is 28.5 Å². The number of amides is 1. The van der Waals surface area contributed by atoms with Gasteiger partial charge in [0.1, 0.15) is 6.04 Å². The highest BCUT2D eigenvalue weighted by Crippen LogP contribution is 2.08. The lowest BCUT2D eigenvalue weighted by Gasteiger charge is -2.10. The minimum atomic E-state index is -0.327. The second-order valence-electron chi connectivity index (χ2n) is 2.74. The van der Waals surface area contributed by atoms with Crippen molar-refractivity contribution in [3.05, 3.63) is 16.0 Å². The standard InChI is InChI=1S/C9H10IN3O/c1-3-4-11-9(14)7(2)13-6-8(10)5-12-13/h1,5-7H,4H2,2H3,(H,11,14).